The highest BCUT2D eigenvalue weighted by Gasteiger charge is 2.33. The lowest BCUT2D eigenvalue weighted by Gasteiger charge is -2.24. The number of ether oxygens (including phenoxy) is 2. The number of hydrogen-bond acceptors (Lipinski definition) is 6. The molecule has 3 aromatic carbocycles. The highest BCUT2D eigenvalue weighted by atomic mass is 127. The molecule has 0 saturated carbocycles. The quantitative estimate of drug-likeness (QED) is 0.157. The van der Waals surface area contributed by atoms with E-state index in [1.165, 1.54) is 14.9 Å². The van der Waals surface area contributed by atoms with Crippen LogP contribution >= 0.6 is 79.1 Å². The molecule has 10 heteroatoms. The van der Waals surface area contributed by atoms with Gasteiger partial charge in [-0.25, -0.2) is 9.79 Å². The van der Waals surface area contributed by atoms with Gasteiger partial charge in [0.05, 0.1) is 35.6 Å². The molecule has 0 aliphatic carbocycles. The van der Waals surface area contributed by atoms with Gasteiger partial charge in [0.1, 0.15) is 12.4 Å². The summed E-state index contributed by atoms with van der Waals surface area (Å²) in [6, 6.07) is 19.5. The first kappa shape index (κ1) is 30.4. The van der Waals surface area contributed by atoms with Gasteiger partial charge in [-0.2, -0.15) is 0 Å². The Labute approximate surface area is 282 Å². The number of halogens is 3. The van der Waals surface area contributed by atoms with Crippen molar-refractivity contribution >= 4 is 91.2 Å². The number of aryl methyl sites for hydroxylation is 1. The van der Waals surface area contributed by atoms with Gasteiger partial charge in [-0.05, 0) is 136 Å². The van der Waals surface area contributed by atoms with Crippen molar-refractivity contribution in [1.82, 2.24) is 4.57 Å². The Balaban J connectivity index is 1.54. The number of esters is 1. The standard InChI is InChI=1S/C31H25I3N2O4S/c1-4-39-30(38)26-18(3)35-31-36(27(26)21-9-5-17(2)6-10-21)29(37)25(41-31)15-20-13-23(33)28(24(34)14-20)40-16-19-7-11-22(32)12-8-19/h5-15,27H,4,16H2,1-3H3/b25-15+/t27-/m1/s1. The molecule has 0 bridgehead atoms. The second kappa shape index (κ2) is 13.1. The van der Waals surface area contributed by atoms with E-state index in [4.69, 9.17) is 9.47 Å². The zero-order chi connectivity index (χ0) is 29.3. The van der Waals surface area contributed by atoms with Crippen LogP contribution in [-0.4, -0.2) is 17.1 Å². The average molecular weight is 902 g/mol. The Morgan fingerprint density at radius 2 is 1.68 bits per heavy atom. The maximum atomic E-state index is 13.9. The van der Waals surface area contributed by atoms with Crippen molar-refractivity contribution in [2.75, 3.05) is 6.61 Å². The van der Waals surface area contributed by atoms with Crippen LogP contribution in [0.25, 0.3) is 6.08 Å². The molecule has 0 N–H and O–H groups in total. The zero-order valence-corrected chi connectivity index (χ0v) is 29.7. The number of rotatable bonds is 7. The van der Waals surface area contributed by atoms with Crippen LogP contribution in [-0.2, 0) is 16.1 Å². The number of hydrogen-bond donors (Lipinski definition) is 0. The monoisotopic (exact) mass is 902 g/mol. The predicted molar refractivity (Wildman–Crippen MR) is 187 cm³/mol. The Morgan fingerprint density at radius 1 is 1.02 bits per heavy atom. The summed E-state index contributed by atoms with van der Waals surface area (Å²) >= 11 is 8.16. The molecule has 1 aliphatic heterocycles. The first-order valence-electron chi connectivity index (χ1n) is 12.8. The number of allylic oxidation sites excluding steroid dienone is 1. The van der Waals surface area contributed by atoms with Crippen molar-refractivity contribution in [3.8, 4) is 5.75 Å². The molecule has 0 spiro atoms. The third kappa shape index (κ3) is 6.64. The molecule has 2 heterocycles. The van der Waals surface area contributed by atoms with Crippen molar-refractivity contribution in [2.45, 2.75) is 33.4 Å². The van der Waals surface area contributed by atoms with Crippen LogP contribution in [0.1, 0.15) is 42.1 Å². The number of carbonyl (C=O) groups excluding carboxylic acids is 1. The molecule has 0 saturated heterocycles. The normalized spacial score (nSPS) is 15.0. The smallest absolute Gasteiger partial charge is 0.338 e. The minimum Gasteiger partial charge on any atom is -0.487 e. The predicted octanol–water partition coefficient (Wildman–Crippen LogP) is 6.50. The Morgan fingerprint density at radius 3 is 2.32 bits per heavy atom. The van der Waals surface area contributed by atoms with E-state index >= 15 is 0 Å². The van der Waals surface area contributed by atoms with Gasteiger partial charge in [-0.15, -0.1) is 0 Å². The molecule has 6 nitrogen and oxygen atoms in total. The average Bonchev–Trinajstić information content (AvgIpc) is 3.23. The van der Waals surface area contributed by atoms with Crippen molar-refractivity contribution in [2.24, 2.45) is 4.99 Å². The van der Waals surface area contributed by atoms with Gasteiger partial charge in [-0.1, -0.05) is 53.3 Å². The number of fused-ring (bicyclic) bond motifs is 1. The Kier molecular flexibility index (Phi) is 9.71. The van der Waals surface area contributed by atoms with Gasteiger partial charge >= 0.3 is 5.97 Å². The SMILES string of the molecule is CCOC(=O)C1=C(C)N=c2s/c(=C/c3cc(I)c(OCc4ccc(I)cc4)c(I)c3)c(=O)n2[C@@H]1c1ccc(C)cc1. The van der Waals surface area contributed by atoms with Crippen LogP contribution in [0.2, 0.25) is 0 Å². The van der Waals surface area contributed by atoms with Crippen LogP contribution in [0.15, 0.2) is 81.7 Å². The summed E-state index contributed by atoms with van der Waals surface area (Å²) in [6.45, 7) is 6.28. The van der Waals surface area contributed by atoms with Gasteiger partial charge in [-0.3, -0.25) is 9.36 Å². The highest BCUT2D eigenvalue weighted by molar-refractivity contribution is 14.1. The zero-order valence-electron chi connectivity index (χ0n) is 22.4. The minimum atomic E-state index is -0.620. The maximum absolute atomic E-state index is 13.9. The number of aromatic nitrogens is 1. The summed E-state index contributed by atoms with van der Waals surface area (Å²) in [5, 5.41) is 0. The summed E-state index contributed by atoms with van der Waals surface area (Å²) in [5.41, 5.74) is 4.65. The second-order valence-corrected chi connectivity index (χ2v) is 14.0. The van der Waals surface area contributed by atoms with Crippen LogP contribution in [0.5, 0.6) is 5.75 Å². The number of carbonyl (C=O) groups is 1. The van der Waals surface area contributed by atoms with E-state index in [0.29, 0.717) is 27.2 Å². The minimum absolute atomic E-state index is 0.197. The van der Waals surface area contributed by atoms with Gasteiger partial charge in [0.2, 0.25) is 0 Å². The molecule has 1 atom stereocenters. The molecular formula is C31H25I3N2O4S. The molecule has 0 fully saturated rings. The van der Waals surface area contributed by atoms with E-state index in [1.54, 1.807) is 18.4 Å². The van der Waals surface area contributed by atoms with Crippen LogP contribution < -0.4 is 19.6 Å². The van der Waals surface area contributed by atoms with Crippen LogP contribution in [0, 0.1) is 17.6 Å². The summed E-state index contributed by atoms with van der Waals surface area (Å²) in [6.07, 6.45) is 1.88. The summed E-state index contributed by atoms with van der Waals surface area (Å²) in [4.78, 5) is 32.2. The topological polar surface area (TPSA) is 69.9 Å². The van der Waals surface area contributed by atoms with Crippen molar-refractivity contribution < 1.29 is 14.3 Å². The molecule has 5 rings (SSSR count). The Hall–Kier alpha value is -2.04. The van der Waals surface area contributed by atoms with E-state index in [1.807, 2.05) is 49.4 Å². The van der Waals surface area contributed by atoms with Gasteiger partial charge < -0.3 is 9.47 Å². The Bertz CT molecular complexity index is 1820. The fourth-order valence-electron chi connectivity index (χ4n) is 4.54. The molecule has 0 unspecified atom stereocenters. The third-order valence-electron chi connectivity index (χ3n) is 6.52. The fraction of sp³-hybridized carbons (Fsp3) is 0.194. The first-order chi connectivity index (χ1) is 19.7. The van der Waals surface area contributed by atoms with Gasteiger partial charge in [0, 0.05) is 3.57 Å². The summed E-state index contributed by atoms with van der Waals surface area (Å²) < 4.78 is 16.8. The molecule has 4 aromatic rings. The molecule has 1 aromatic heterocycles. The molecule has 41 heavy (non-hydrogen) atoms. The van der Waals surface area contributed by atoms with E-state index in [9.17, 15) is 9.59 Å². The maximum Gasteiger partial charge on any atom is 0.338 e. The highest BCUT2D eigenvalue weighted by Crippen LogP contribution is 2.32. The molecule has 210 valence electrons. The molecule has 1 aliphatic rings. The van der Waals surface area contributed by atoms with Gasteiger partial charge in [0.15, 0.2) is 4.80 Å². The molecule has 0 amide bonds. The number of thiazole rings is 1. The van der Waals surface area contributed by atoms with E-state index in [-0.39, 0.29) is 12.2 Å². The number of nitrogens with zero attached hydrogens (tertiary/aromatic N) is 2. The lowest BCUT2D eigenvalue weighted by Crippen LogP contribution is -2.39. The lowest BCUT2D eigenvalue weighted by atomic mass is 9.95. The third-order valence-corrected chi connectivity index (χ3v) is 9.83. The van der Waals surface area contributed by atoms with Crippen molar-refractivity contribution in [1.29, 1.82) is 0 Å². The lowest BCUT2D eigenvalue weighted by molar-refractivity contribution is -0.139. The number of benzene rings is 3. The summed E-state index contributed by atoms with van der Waals surface area (Å²) in [5.74, 6) is 0.357. The van der Waals surface area contributed by atoms with E-state index < -0.39 is 12.0 Å². The van der Waals surface area contributed by atoms with Crippen molar-refractivity contribution in [3.63, 3.8) is 0 Å². The van der Waals surface area contributed by atoms with Crippen LogP contribution in [0.3, 0.4) is 0 Å². The van der Waals surface area contributed by atoms with Crippen molar-refractivity contribution in [3.05, 3.63) is 125 Å². The first-order valence-corrected chi connectivity index (χ1v) is 16.8. The summed E-state index contributed by atoms with van der Waals surface area (Å²) in [7, 11) is 0. The molecular weight excluding hydrogens is 877 g/mol. The van der Waals surface area contributed by atoms with E-state index in [0.717, 1.165) is 35.1 Å². The van der Waals surface area contributed by atoms with Crippen LogP contribution in [0.4, 0.5) is 0 Å². The molecule has 0 radical (unpaired) electrons. The largest absolute Gasteiger partial charge is 0.487 e. The fourth-order valence-corrected chi connectivity index (χ4v) is 8.08. The second-order valence-electron chi connectivity index (χ2n) is 9.44. The van der Waals surface area contributed by atoms with E-state index in [2.05, 4.69) is 97.0 Å². The van der Waals surface area contributed by atoms with Gasteiger partial charge in [0.25, 0.3) is 5.56 Å².